The molecule has 0 spiro atoms. The van der Waals surface area contributed by atoms with E-state index in [0.29, 0.717) is 23.5 Å². The Morgan fingerprint density at radius 1 is 1.18 bits per heavy atom. The first-order valence-corrected chi connectivity index (χ1v) is 10.8. The molecule has 1 aliphatic carbocycles. The van der Waals surface area contributed by atoms with Gasteiger partial charge in [0.1, 0.15) is 11.6 Å². The smallest absolute Gasteiger partial charge is 0.237 e. The van der Waals surface area contributed by atoms with E-state index in [1.54, 1.807) is 35.2 Å². The molecule has 4 aromatic rings. The van der Waals surface area contributed by atoms with Crippen molar-refractivity contribution in [2.24, 2.45) is 0 Å². The third-order valence-corrected chi connectivity index (χ3v) is 6.26. The molecule has 3 heterocycles. The fraction of sp³-hybridized carbons (Fsp3) is 0.263. The van der Waals surface area contributed by atoms with Crippen LogP contribution in [0.1, 0.15) is 35.5 Å². The number of hydrogen-bond donors (Lipinski definition) is 0. The standard InChI is InChI=1S/C19H16FN5OS2/c20-13-5-3-12(4-6-13)18-21-17(26-24-18)11-28-19-23-22-16(25(19)14-7-8-14)10-15-2-1-9-27-15/h1-6,9,14H,7-8,10-11H2. The summed E-state index contributed by atoms with van der Waals surface area (Å²) in [7, 11) is 0. The molecule has 0 bridgehead atoms. The first-order valence-electron chi connectivity index (χ1n) is 8.94. The number of rotatable bonds is 7. The zero-order valence-electron chi connectivity index (χ0n) is 14.8. The molecule has 1 aliphatic rings. The predicted octanol–water partition coefficient (Wildman–Crippen LogP) is 4.75. The summed E-state index contributed by atoms with van der Waals surface area (Å²) in [6, 6.07) is 10.7. The van der Waals surface area contributed by atoms with E-state index in [-0.39, 0.29) is 5.82 Å². The normalized spacial score (nSPS) is 13.9. The van der Waals surface area contributed by atoms with Crippen LogP contribution in [0.4, 0.5) is 4.39 Å². The molecule has 1 saturated carbocycles. The summed E-state index contributed by atoms with van der Waals surface area (Å²) in [4.78, 5) is 5.69. The van der Waals surface area contributed by atoms with E-state index in [0.717, 1.165) is 35.8 Å². The van der Waals surface area contributed by atoms with Crippen molar-refractivity contribution in [3.05, 3.63) is 64.2 Å². The number of hydrogen-bond acceptors (Lipinski definition) is 7. The summed E-state index contributed by atoms with van der Waals surface area (Å²) in [5.74, 6) is 2.19. The summed E-state index contributed by atoms with van der Waals surface area (Å²) < 4.78 is 20.7. The van der Waals surface area contributed by atoms with E-state index in [9.17, 15) is 4.39 Å². The average Bonchev–Trinajstić information content (AvgIpc) is 3.11. The van der Waals surface area contributed by atoms with E-state index < -0.39 is 0 Å². The second-order valence-corrected chi connectivity index (χ2v) is 8.54. The lowest BCUT2D eigenvalue weighted by Gasteiger charge is -2.07. The van der Waals surface area contributed by atoms with Gasteiger partial charge in [0, 0.05) is 22.9 Å². The van der Waals surface area contributed by atoms with E-state index in [4.69, 9.17) is 4.52 Å². The maximum Gasteiger partial charge on any atom is 0.237 e. The van der Waals surface area contributed by atoms with Gasteiger partial charge in [-0.3, -0.25) is 0 Å². The zero-order chi connectivity index (χ0) is 18.9. The summed E-state index contributed by atoms with van der Waals surface area (Å²) in [6.45, 7) is 0. The van der Waals surface area contributed by atoms with Crippen LogP contribution in [0.3, 0.4) is 0 Å². The largest absolute Gasteiger partial charge is 0.338 e. The van der Waals surface area contributed by atoms with Crippen molar-refractivity contribution in [3.63, 3.8) is 0 Å². The number of thiophene rings is 1. The van der Waals surface area contributed by atoms with Crippen LogP contribution >= 0.6 is 23.1 Å². The van der Waals surface area contributed by atoms with Crippen molar-refractivity contribution in [1.82, 2.24) is 24.9 Å². The molecule has 0 unspecified atom stereocenters. The minimum Gasteiger partial charge on any atom is -0.338 e. The Bertz CT molecular complexity index is 1070. The van der Waals surface area contributed by atoms with Crippen LogP contribution in [0, 0.1) is 5.82 Å². The first-order chi connectivity index (χ1) is 13.8. The molecule has 9 heteroatoms. The van der Waals surface area contributed by atoms with Gasteiger partial charge in [-0.1, -0.05) is 23.0 Å². The van der Waals surface area contributed by atoms with Crippen LogP contribution in [0.5, 0.6) is 0 Å². The molecular weight excluding hydrogens is 397 g/mol. The van der Waals surface area contributed by atoms with E-state index in [1.807, 2.05) is 0 Å². The lowest BCUT2D eigenvalue weighted by atomic mass is 10.2. The Morgan fingerprint density at radius 3 is 2.79 bits per heavy atom. The maximum atomic E-state index is 13.1. The van der Waals surface area contributed by atoms with E-state index in [1.165, 1.54) is 17.0 Å². The van der Waals surface area contributed by atoms with Crippen LogP contribution in [0.25, 0.3) is 11.4 Å². The molecule has 1 aromatic carbocycles. The highest BCUT2D eigenvalue weighted by Gasteiger charge is 2.30. The summed E-state index contributed by atoms with van der Waals surface area (Å²) in [5.41, 5.74) is 0.723. The third-order valence-electron chi connectivity index (χ3n) is 4.45. The van der Waals surface area contributed by atoms with Crippen LogP contribution in [0.2, 0.25) is 0 Å². The number of halogens is 1. The lowest BCUT2D eigenvalue weighted by Crippen LogP contribution is -2.03. The Balaban J connectivity index is 1.30. The van der Waals surface area contributed by atoms with Crippen molar-refractivity contribution < 1.29 is 8.91 Å². The maximum absolute atomic E-state index is 13.1. The second-order valence-electron chi connectivity index (χ2n) is 6.56. The molecule has 6 nitrogen and oxygen atoms in total. The molecule has 1 fully saturated rings. The SMILES string of the molecule is Fc1ccc(-c2noc(CSc3nnc(Cc4cccs4)n3C3CC3)n2)cc1. The van der Waals surface area contributed by atoms with Gasteiger partial charge in [-0.2, -0.15) is 4.98 Å². The predicted molar refractivity (Wildman–Crippen MR) is 105 cm³/mol. The summed E-state index contributed by atoms with van der Waals surface area (Å²) >= 11 is 3.28. The third kappa shape index (κ3) is 3.72. The minimum absolute atomic E-state index is 0.291. The molecule has 5 rings (SSSR count). The Morgan fingerprint density at radius 2 is 2.04 bits per heavy atom. The van der Waals surface area contributed by atoms with Gasteiger partial charge in [-0.05, 0) is 48.6 Å². The minimum atomic E-state index is -0.291. The topological polar surface area (TPSA) is 69.6 Å². The molecule has 0 aliphatic heterocycles. The molecular formula is C19H16FN5OS2. The highest BCUT2D eigenvalue weighted by molar-refractivity contribution is 7.98. The fourth-order valence-corrected chi connectivity index (χ4v) is 4.51. The van der Waals surface area contributed by atoms with Gasteiger partial charge in [0.05, 0.1) is 5.75 Å². The number of aromatic nitrogens is 5. The van der Waals surface area contributed by atoms with Crippen molar-refractivity contribution in [1.29, 1.82) is 0 Å². The Hall–Kier alpha value is -2.52. The average molecular weight is 414 g/mol. The lowest BCUT2D eigenvalue weighted by molar-refractivity contribution is 0.391. The van der Waals surface area contributed by atoms with Gasteiger partial charge >= 0.3 is 0 Å². The van der Waals surface area contributed by atoms with Gasteiger partial charge in [-0.25, -0.2) is 4.39 Å². The van der Waals surface area contributed by atoms with Crippen LogP contribution in [0.15, 0.2) is 51.5 Å². The fourth-order valence-electron chi connectivity index (χ4n) is 2.95. The number of nitrogens with zero attached hydrogens (tertiary/aromatic N) is 5. The van der Waals surface area contributed by atoms with Gasteiger partial charge in [-0.15, -0.1) is 21.5 Å². The highest BCUT2D eigenvalue weighted by atomic mass is 32.2. The molecule has 142 valence electrons. The molecule has 28 heavy (non-hydrogen) atoms. The second kappa shape index (κ2) is 7.48. The number of benzene rings is 1. The molecule has 0 radical (unpaired) electrons. The van der Waals surface area contributed by atoms with Crippen molar-refractivity contribution in [2.45, 2.75) is 36.2 Å². The molecule has 0 atom stereocenters. The van der Waals surface area contributed by atoms with Gasteiger partial charge in [0.15, 0.2) is 5.16 Å². The first kappa shape index (κ1) is 17.6. The van der Waals surface area contributed by atoms with Gasteiger partial charge in [0.25, 0.3) is 0 Å². The summed E-state index contributed by atoms with van der Waals surface area (Å²) in [6.07, 6.45) is 3.13. The van der Waals surface area contributed by atoms with Crippen LogP contribution < -0.4 is 0 Å². The van der Waals surface area contributed by atoms with Crippen molar-refractivity contribution in [2.75, 3.05) is 0 Å². The monoisotopic (exact) mass is 413 g/mol. The van der Waals surface area contributed by atoms with E-state index >= 15 is 0 Å². The molecule has 0 amide bonds. The molecule has 0 N–H and O–H groups in total. The van der Waals surface area contributed by atoms with Crippen molar-refractivity contribution in [3.8, 4) is 11.4 Å². The van der Waals surface area contributed by atoms with Crippen LogP contribution in [-0.4, -0.2) is 24.9 Å². The van der Waals surface area contributed by atoms with Gasteiger partial charge in [0.2, 0.25) is 11.7 Å². The summed E-state index contributed by atoms with van der Waals surface area (Å²) in [5, 5.41) is 15.8. The Kier molecular flexibility index (Phi) is 4.69. The number of thioether (sulfide) groups is 1. The van der Waals surface area contributed by atoms with E-state index in [2.05, 4.69) is 42.4 Å². The van der Waals surface area contributed by atoms with Crippen molar-refractivity contribution >= 4 is 23.1 Å². The molecule has 0 saturated heterocycles. The molecule has 3 aromatic heterocycles. The Labute approximate surface area is 168 Å². The van der Waals surface area contributed by atoms with Gasteiger partial charge < -0.3 is 9.09 Å². The highest BCUT2D eigenvalue weighted by Crippen LogP contribution is 2.39. The van der Waals surface area contributed by atoms with Crippen LogP contribution in [-0.2, 0) is 12.2 Å². The zero-order valence-corrected chi connectivity index (χ0v) is 16.4. The quantitative estimate of drug-likeness (QED) is 0.407.